The lowest BCUT2D eigenvalue weighted by Gasteiger charge is -2.34. The third kappa shape index (κ3) is 6.70. The summed E-state index contributed by atoms with van der Waals surface area (Å²) in [4.78, 5) is 10.9. The smallest absolute Gasteiger partial charge is 0.189 e. The monoisotopic (exact) mass is 573 g/mol. The molecule has 1 aromatic heterocycles. The summed E-state index contributed by atoms with van der Waals surface area (Å²) < 4.78 is 29.8. The second-order valence-corrected chi connectivity index (χ2v) is 10.7. The molecular formula is C33H37F2N5S. The van der Waals surface area contributed by atoms with Crippen LogP contribution in [-0.2, 0) is 6.54 Å². The van der Waals surface area contributed by atoms with Crippen LogP contribution in [0.4, 0.5) is 20.3 Å². The zero-order valence-corrected chi connectivity index (χ0v) is 25.0. The highest BCUT2D eigenvalue weighted by molar-refractivity contribution is 7.98. The highest BCUT2D eigenvalue weighted by atomic mass is 32.2. The van der Waals surface area contributed by atoms with Gasteiger partial charge < -0.3 is 10.6 Å². The van der Waals surface area contributed by atoms with Crippen molar-refractivity contribution in [2.24, 2.45) is 0 Å². The van der Waals surface area contributed by atoms with Crippen LogP contribution >= 0.6 is 11.8 Å². The Morgan fingerprint density at radius 1 is 1.12 bits per heavy atom. The first-order valence-electron chi connectivity index (χ1n) is 13.8. The average Bonchev–Trinajstić information content (AvgIpc) is 2.97. The highest BCUT2D eigenvalue weighted by Gasteiger charge is 2.31. The molecule has 0 saturated heterocycles. The molecule has 0 amide bonds. The number of thioether (sulfide) groups is 1. The number of nitrogens with zero attached hydrogens (tertiary/aromatic N) is 3. The predicted octanol–water partition coefficient (Wildman–Crippen LogP) is 8.42. The maximum Gasteiger partial charge on any atom is 0.189 e. The number of rotatable bonds is 7. The Labute approximate surface area is 246 Å². The van der Waals surface area contributed by atoms with Crippen LogP contribution in [0.15, 0.2) is 84.3 Å². The van der Waals surface area contributed by atoms with Crippen molar-refractivity contribution >= 4 is 29.0 Å². The van der Waals surface area contributed by atoms with Crippen molar-refractivity contribution in [2.75, 3.05) is 17.7 Å². The molecule has 0 saturated carbocycles. The van der Waals surface area contributed by atoms with E-state index in [1.54, 1.807) is 0 Å². The minimum Gasteiger partial charge on any atom is -0.381 e. The minimum absolute atomic E-state index is 0.225. The Hall–Kier alpha value is -3.91. The first-order valence-corrected chi connectivity index (χ1v) is 15.0. The van der Waals surface area contributed by atoms with Crippen LogP contribution in [0, 0.1) is 18.6 Å². The molecule has 1 aliphatic heterocycles. The van der Waals surface area contributed by atoms with E-state index in [1.165, 1.54) is 46.9 Å². The molecule has 8 heteroatoms. The molecule has 5 rings (SSSR count). The van der Waals surface area contributed by atoms with E-state index in [2.05, 4.69) is 66.9 Å². The van der Waals surface area contributed by atoms with Crippen molar-refractivity contribution in [3.05, 3.63) is 108 Å². The second kappa shape index (κ2) is 13.6. The zero-order chi connectivity index (χ0) is 29.5. The van der Waals surface area contributed by atoms with Gasteiger partial charge in [0.05, 0.1) is 5.69 Å². The Morgan fingerprint density at radius 2 is 1.85 bits per heavy atom. The summed E-state index contributed by atoms with van der Waals surface area (Å²) in [5, 5.41) is 7.10. The number of fused-ring (bicyclic) bond motifs is 1. The van der Waals surface area contributed by atoms with Crippen LogP contribution < -0.4 is 15.5 Å². The average molecular weight is 574 g/mol. The lowest BCUT2D eigenvalue weighted by molar-refractivity contribution is 0.577. The summed E-state index contributed by atoms with van der Waals surface area (Å²) in [6.45, 7) is 15.6. The summed E-state index contributed by atoms with van der Waals surface area (Å²) in [6.07, 6.45) is 11.8. The lowest BCUT2D eigenvalue weighted by atomic mass is 9.97. The van der Waals surface area contributed by atoms with Crippen molar-refractivity contribution in [1.29, 1.82) is 0 Å². The number of halogens is 2. The zero-order valence-electron chi connectivity index (χ0n) is 24.2. The molecule has 0 unspecified atom stereocenters. The van der Waals surface area contributed by atoms with Gasteiger partial charge in [-0.25, -0.2) is 18.7 Å². The molecule has 2 heterocycles. The number of nitrogens with one attached hydrogen (secondary N) is 2. The standard InChI is InChI=1S/C30H29F2N5S.C3H8/c1-18-13-14-22(19(2)33-16-21-9-6-5-7-10-21)15-23(18)27-24-17-34-20(3)37(29(24)36-30(35-27)38-4)28-25(31)11-8-12-26(28)32;1-3-2/h6,8-15,33-34H,2-3,5,7,16-17H2,1,4H3;3H2,1-2H3. The fourth-order valence-corrected chi connectivity index (χ4v) is 4.99. The number of aryl methyl sites for hydroxylation is 1. The minimum atomic E-state index is -0.699. The van der Waals surface area contributed by atoms with E-state index in [9.17, 15) is 8.78 Å². The van der Waals surface area contributed by atoms with Gasteiger partial charge in [-0.1, -0.05) is 81.6 Å². The van der Waals surface area contributed by atoms with Crippen molar-refractivity contribution < 1.29 is 8.78 Å². The van der Waals surface area contributed by atoms with Crippen LogP contribution in [-0.4, -0.2) is 22.8 Å². The van der Waals surface area contributed by atoms with Crippen LogP contribution in [0.1, 0.15) is 49.8 Å². The van der Waals surface area contributed by atoms with Crippen LogP contribution in [0.5, 0.6) is 0 Å². The van der Waals surface area contributed by atoms with E-state index in [1.807, 2.05) is 25.3 Å². The molecule has 41 heavy (non-hydrogen) atoms. The Kier molecular flexibility index (Phi) is 10.00. The summed E-state index contributed by atoms with van der Waals surface area (Å²) >= 11 is 1.37. The molecule has 0 bridgehead atoms. The topological polar surface area (TPSA) is 53.1 Å². The third-order valence-electron chi connectivity index (χ3n) is 6.68. The first kappa shape index (κ1) is 30.1. The van der Waals surface area contributed by atoms with E-state index < -0.39 is 11.6 Å². The van der Waals surface area contributed by atoms with Crippen LogP contribution in [0.3, 0.4) is 0 Å². The Morgan fingerprint density at radius 3 is 2.51 bits per heavy atom. The summed E-state index contributed by atoms with van der Waals surface area (Å²) in [5.74, 6) is -0.650. The molecule has 1 aliphatic carbocycles. The highest BCUT2D eigenvalue weighted by Crippen LogP contribution is 2.41. The van der Waals surface area contributed by atoms with Gasteiger partial charge in [0.25, 0.3) is 0 Å². The van der Waals surface area contributed by atoms with Crippen LogP contribution in [0.2, 0.25) is 0 Å². The number of aromatic nitrogens is 2. The molecule has 5 nitrogen and oxygen atoms in total. The molecule has 2 aliphatic rings. The second-order valence-electron chi connectivity index (χ2n) is 9.89. The van der Waals surface area contributed by atoms with Gasteiger partial charge in [0.2, 0.25) is 0 Å². The van der Waals surface area contributed by atoms with Crippen LogP contribution in [0.25, 0.3) is 17.0 Å². The number of allylic oxidation sites excluding steroid dienone is 2. The molecule has 0 radical (unpaired) electrons. The fourth-order valence-electron chi connectivity index (χ4n) is 4.63. The molecule has 0 fully saturated rings. The quantitative estimate of drug-likeness (QED) is 0.219. The van der Waals surface area contributed by atoms with Gasteiger partial charge in [-0.15, -0.1) is 0 Å². The number of benzene rings is 2. The fraction of sp³-hybridized carbons (Fsp3) is 0.273. The van der Waals surface area contributed by atoms with Gasteiger partial charge >= 0.3 is 0 Å². The van der Waals surface area contributed by atoms with Crippen molar-refractivity contribution in [2.45, 2.75) is 51.7 Å². The Bertz CT molecular complexity index is 1490. The molecule has 214 valence electrons. The molecular weight excluding hydrogens is 536 g/mol. The van der Waals surface area contributed by atoms with Crippen molar-refractivity contribution in [3.63, 3.8) is 0 Å². The SMILES string of the molecule is C=C(NCC1=CCCC=C1)c1ccc(C)c(-c2nc(SC)nc3c2CNC(=C)N3c2c(F)cccc2F)c1.CCC. The summed E-state index contributed by atoms with van der Waals surface area (Å²) in [6, 6.07) is 9.91. The molecule has 2 aromatic carbocycles. The Balaban J connectivity index is 0.00000124. The molecule has 0 atom stereocenters. The van der Waals surface area contributed by atoms with Gasteiger partial charge in [0.1, 0.15) is 29.0 Å². The maximum absolute atomic E-state index is 14.9. The van der Waals surface area contributed by atoms with E-state index >= 15 is 0 Å². The first-order chi connectivity index (χ1) is 19.8. The number of para-hydroxylation sites is 1. The maximum atomic E-state index is 14.9. The lowest BCUT2D eigenvalue weighted by Crippen LogP contribution is -2.35. The van der Waals surface area contributed by atoms with Gasteiger partial charge in [0.15, 0.2) is 5.16 Å². The van der Waals surface area contributed by atoms with Gasteiger partial charge in [0, 0.05) is 29.9 Å². The summed E-state index contributed by atoms with van der Waals surface area (Å²) in [5.41, 5.74) is 6.11. The van der Waals surface area contributed by atoms with E-state index in [-0.39, 0.29) is 5.69 Å². The molecule has 0 spiro atoms. The summed E-state index contributed by atoms with van der Waals surface area (Å²) in [7, 11) is 0. The van der Waals surface area contributed by atoms with E-state index in [0.717, 1.165) is 40.8 Å². The molecule has 3 aromatic rings. The number of hydrogen-bond donors (Lipinski definition) is 2. The van der Waals surface area contributed by atoms with Crippen molar-refractivity contribution in [3.8, 4) is 11.3 Å². The third-order valence-corrected chi connectivity index (χ3v) is 7.23. The van der Waals surface area contributed by atoms with Gasteiger partial charge in [-0.05, 0) is 60.9 Å². The normalized spacial score (nSPS) is 14.0. The van der Waals surface area contributed by atoms with E-state index in [4.69, 9.17) is 4.98 Å². The molecule has 2 N–H and O–H groups in total. The van der Waals surface area contributed by atoms with Gasteiger partial charge in [-0.2, -0.15) is 0 Å². The van der Waals surface area contributed by atoms with E-state index in [0.29, 0.717) is 35.6 Å². The largest absolute Gasteiger partial charge is 0.381 e. The van der Waals surface area contributed by atoms with Gasteiger partial charge in [-0.3, -0.25) is 4.90 Å². The predicted molar refractivity (Wildman–Crippen MR) is 168 cm³/mol. The number of anilines is 2. The number of hydrogen-bond acceptors (Lipinski definition) is 6. The van der Waals surface area contributed by atoms with Crippen molar-refractivity contribution in [1.82, 2.24) is 20.6 Å².